The number of para-hydroxylation sites is 1. The Labute approximate surface area is 123 Å². The Bertz CT molecular complexity index is 641. The van der Waals surface area contributed by atoms with Gasteiger partial charge in [0.1, 0.15) is 18.1 Å². The van der Waals surface area contributed by atoms with Gasteiger partial charge in [0.05, 0.1) is 7.11 Å². The van der Waals surface area contributed by atoms with E-state index in [1.54, 1.807) is 19.2 Å². The SMILES string of the molecule is COc1ccccc1COc1cccc(NC(N)=O)c1C. The molecule has 110 valence electrons. The lowest BCUT2D eigenvalue weighted by atomic mass is 10.1. The van der Waals surface area contributed by atoms with Crippen LogP contribution in [0.1, 0.15) is 11.1 Å². The van der Waals surface area contributed by atoms with Gasteiger partial charge in [-0.2, -0.15) is 0 Å². The van der Waals surface area contributed by atoms with Crippen molar-refractivity contribution < 1.29 is 14.3 Å². The van der Waals surface area contributed by atoms with Gasteiger partial charge in [-0.1, -0.05) is 24.3 Å². The number of anilines is 1. The third kappa shape index (κ3) is 3.66. The predicted molar refractivity (Wildman–Crippen MR) is 81.7 cm³/mol. The molecule has 0 aliphatic rings. The number of ether oxygens (including phenoxy) is 2. The minimum Gasteiger partial charge on any atom is -0.496 e. The summed E-state index contributed by atoms with van der Waals surface area (Å²) in [5.41, 5.74) is 7.55. The van der Waals surface area contributed by atoms with Gasteiger partial charge < -0.3 is 20.5 Å². The summed E-state index contributed by atoms with van der Waals surface area (Å²) in [6.07, 6.45) is 0. The predicted octanol–water partition coefficient (Wildman–Crippen LogP) is 3.07. The number of amides is 2. The molecule has 0 aromatic heterocycles. The van der Waals surface area contributed by atoms with Crippen LogP contribution in [0.25, 0.3) is 0 Å². The Kier molecular flexibility index (Phi) is 4.66. The molecule has 0 aliphatic carbocycles. The third-order valence-corrected chi connectivity index (χ3v) is 3.12. The van der Waals surface area contributed by atoms with E-state index in [-0.39, 0.29) is 0 Å². The maximum Gasteiger partial charge on any atom is 0.316 e. The lowest BCUT2D eigenvalue weighted by Crippen LogP contribution is -2.19. The molecule has 2 amide bonds. The number of carbonyl (C=O) groups excluding carboxylic acids is 1. The van der Waals surface area contributed by atoms with Crippen LogP contribution in [-0.4, -0.2) is 13.1 Å². The molecule has 21 heavy (non-hydrogen) atoms. The second-order valence-electron chi connectivity index (χ2n) is 4.52. The van der Waals surface area contributed by atoms with Gasteiger partial charge in [0.15, 0.2) is 0 Å². The molecule has 0 heterocycles. The summed E-state index contributed by atoms with van der Waals surface area (Å²) in [6, 6.07) is 12.5. The summed E-state index contributed by atoms with van der Waals surface area (Å²) < 4.78 is 11.1. The van der Waals surface area contributed by atoms with Gasteiger partial charge in [-0.15, -0.1) is 0 Å². The van der Waals surface area contributed by atoms with Crippen LogP contribution in [0, 0.1) is 6.92 Å². The first-order valence-corrected chi connectivity index (χ1v) is 6.52. The van der Waals surface area contributed by atoms with Crippen LogP contribution in [-0.2, 0) is 6.61 Å². The zero-order valence-electron chi connectivity index (χ0n) is 12.1. The molecule has 2 aromatic carbocycles. The number of urea groups is 1. The number of hydrogen-bond donors (Lipinski definition) is 2. The topological polar surface area (TPSA) is 73.6 Å². The zero-order valence-corrected chi connectivity index (χ0v) is 12.1. The van der Waals surface area contributed by atoms with Crippen molar-refractivity contribution in [3.63, 3.8) is 0 Å². The molecule has 0 radical (unpaired) electrons. The molecule has 2 aromatic rings. The number of nitrogens with one attached hydrogen (secondary N) is 1. The van der Waals surface area contributed by atoms with Gasteiger partial charge in [-0.05, 0) is 25.1 Å². The minimum absolute atomic E-state index is 0.380. The summed E-state index contributed by atoms with van der Waals surface area (Å²) in [6.45, 7) is 2.24. The van der Waals surface area contributed by atoms with Crippen molar-refractivity contribution in [2.24, 2.45) is 5.73 Å². The van der Waals surface area contributed by atoms with Crippen molar-refractivity contribution in [1.82, 2.24) is 0 Å². The van der Waals surface area contributed by atoms with Crippen LogP contribution < -0.4 is 20.5 Å². The average Bonchev–Trinajstić information content (AvgIpc) is 2.48. The fourth-order valence-corrected chi connectivity index (χ4v) is 2.02. The number of hydrogen-bond acceptors (Lipinski definition) is 3. The molecule has 0 unspecified atom stereocenters. The maximum absolute atomic E-state index is 10.9. The average molecular weight is 286 g/mol. The van der Waals surface area contributed by atoms with E-state index in [0.29, 0.717) is 18.0 Å². The highest BCUT2D eigenvalue weighted by Crippen LogP contribution is 2.27. The zero-order chi connectivity index (χ0) is 15.2. The van der Waals surface area contributed by atoms with E-state index in [4.69, 9.17) is 15.2 Å². The van der Waals surface area contributed by atoms with Crippen molar-refractivity contribution in [3.8, 4) is 11.5 Å². The van der Waals surface area contributed by atoms with Crippen molar-refractivity contribution in [2.75, 3.05) is 12.4 Å². The standard InChI is InChI=1S/C16H18N2O3/c1-11-13(18-16(17)19)7-5-9-14(11)21-10-12-6-3-4-8-15(12)20-2/h3-9H,10H2,1-2H3,(H3,17,18,19). The Balaban J connectivity index is 2.15. The second kappa shape index (κ2) is 6.65. The van der Waals surface area contributed by atoms with E-state index in [2.05, 4.69) is 5.32 Å². The van der Waals surface area contributed by atoms with E-state index >= 15 is 0 Å². The quantitative estimate of drug-likeness (QED) is 0.887. The fraction of sp³-hybridized carbons (Fsp3) is 0.188. The molecule has 2 rings (SSSR count). The molecule has 0 fully saturated rings. The van der Waals surface area contributed by atoms with Gasteiger partial charge in [-0.25, -0.2) is 4.79 Å². The molecule has 0 spiro atoms. The first kappa shape index (κ1) is 14.7. The van der Waals surface area contributed by atoms with Gasteiger partial charge in [-0.3, -0.25) is 0 Å². The number of primary amides is 1. The summed E-state index contributed by atoms with van der Waals surface area (Å²) in [7, 11) is 1.63. The lowest BCUT2D eigenvalue weighted by molar-refractivity contribution is 0.259. The molecule has 5 heteroatoms. The number of rotatable bonds is 5. The molecule has 0 aliphatic heterocycles. The first-order valence-electron chi connectivity index (χ1n) is 6.52. The number of nitrogens with two attached hydrogens (primary N) is 1. The number of carbonyl (C=O) groups is 1. The van der Waals surface area contributed by atoms with Gasteiger partial charge in [0, 0.05) is 16.8 Å². The second-order valence-corrected chi connectivity index (χ2v) is 4.52. The normalized spacial score (nSPS) is 10.0. The minimum atomic E-state index is -0.597. The molecule has 3 N–H and O–H groups in total. The van der Waals surface area contributed by atoms with Crippen molar-refractivity contribution in [3.05, 3.63) is 53.6 Å². The van der Waals surface area contributed by atoms with E-state index in [9.17, 15) is 4.79 Å². The Morgan fingerprint density at radius 3 is 2.57 bits per heavy atom. The molecule has 0 saturated heterocycles. The molecular weight excluding hydrogens is 268 g/mol. The highest BCUT2D eigenvalue weighted by atomic mass is 16.5. The van der Waals surface area contributed by atoms with Gasteiger partial charge in [0.25, 0.3) is 0 Å². The molecule has 5 nitrogen and oxygen atoms in total. The third-order valence-electron chi connectivity index (χ3n) is 3.12. The molecule has 0 saturated carbocycles. The summed E-state index contributed by atoms with van der Waals surface area (Å²) >= 11 is 0. The van der Waals surface area contributed by atoms with Crippen molar-refractivity contribution >= 4 is 11.7 Å². The van der Waals surface area contributed by atoms with Gasteiger partial charge >= 0.3 is 6.03 Å². The monoisotopic (exact) mass is 286 g/mol. The summed E-state index contributed by atoms with van der Waals surface area (Å²) in [4.78, 5) is 10.9. The van der Waals surface area contributed by atoms with E-state index in [1.165, 1.54) is 0 Å². The van der Waals surface area contributed by atoms with Gasteiger partial charge in [0.2, 0.25) is 0 Å². The number of methoxy groups -OCH3 is 1. The Morgan fingerprint density at radius 2 is 1.86 bits per heavy atom. The van der Waals surface area contributed by atoms with Crippen LogP contribution in [0.3, 0.4) is 0 Å². The molecular formula is C16H18N2O3. The first-order chi connectivity index (χ1) is 10.1. The smallest absolute Gasteiger partial charge is 0.316 e. The maximum atomic E-state index is 10.9. The highest BCUT2D eigenvalue weighted by molar-refractivity contribution is 5.89. The van der Waals surface area contributed by atoms with Crippen LogP contribution in [0.5, 0.6) is 11.5 Å². The Morgan fingerprint density at radius 1 is 1.14 bits per heavy atom. The Hall–Kier alpha value is -2.69. The van der Waals surface area contributed by atoms with Crippen molar-refractivity contribution in [2.45, 2.75) is 13.5 Å². The van der Waals surface area contributed by atoms with Crippen LogP contribution in [0.4, 0.5) is 10.5 Å². The molecule has 0 bridgehead atoms. The van der Waals surface area contributed by atoms with Crippen LogP contribution >= 0.6 is 0 Å². The van der Waals surface area contributed by atoms with E-state index in [1.807, 2.05) is 37.3 Å². The lowest BCUT2D eigenvalue weighted by Gasteiger charge is -2.14. The summed E-state index contributed by atoms with van der Waals surface area (Å²) in [5, 5.41) is 2.57. The van der Waals surface area contributed by atoms with Crippen molar-refractivity contribution in [1.29, 1.82) is 0 Å². The highest BCUT2D eigenvalue weighted by Gasteiger charge is 2.08. The van der Waals surface area contributed by atoms with Crippen LogP contribution in [0.2, 0.25) is 0 Å². The fourth-order valence-electron chi connectivity index (χ4n) is 2.02. The largest absolute Gasteiger partial charge is 0.496 e. The number of benzene rings is 2. The van der Waals surface area contributed by atoms with Crippen LogP contribution in [0.15, 0.2) is 42.5 Å². The van der Waals surface area contributed by atoms with E-state index in [0.717, 1.165) is 16.9 Å². The van der Waals surface area contributed by atoms with E-state index < -0.39 is 6.03 Å². The molecule has 0 atom stereocenters. The summed E-state index contributed by atoms with van der Waals surface area (Å²) in [5.74, 6) is 1.47.